The van der Waals surface area contributed by atoms with Crippen LogP contribution in [0.3, 0.4) is 0 Å². The lowest BCUT2D eigenvalue weighted by atomic mass is 9.79. The van der Waals surface area contributed by atoms with E-state index in [-0.39, 0.29) is 35.0 Å². The molecule has 41 heavy (non-hydrogen) atoms. The van der Waals surface area contributed by atoms with E-state index in [1.54, 1.807) is 0 Å². The van der Waals surface area contributed by atoms with Gasteiger partial charge in [0.1, 0.15) is 23.5 Å². The number of alkyl halides is 2. The minimum atomic E-state index is -3.74. The lowest BCUT2D eigenvalue weighted by molar-refractivity contribution is -0.223. The summed E-state index contributed by atoms with van der Waals surface area (Å²) in [5.41, 5.74) is 2.73. The van der Waals surface area contributed by atoms with Crippen LogP contribution in [0.25, 0.3) is 0 Å². The van der Waals surface area contributed by atoms with Gasteiger partial charge in [-0.1, -0.05) is 41.9 Å². The van der Waals surface area contributed by atoms with Crippen molar-refractivity contribution in [3.63, 3.8) is 0 Å². The molecule has 13 heteroatoms. The maximum absolute atomic E-state index is 15.5. The summed E-state index contributed by atoms with van der Waals surface area (Å²) in [7, 11) is 0. The summed E-state index contributed by atoms with van der Waals surface area (Å²) in [6, 6.07) is 13.0. The lowest BCUT2D eigenvalue weighted by Gasteiger charge is -2.46. The monoisotopic (exact) mass is 591 g/mol. The van der Waals surface area contributed by atoms with Gasteiger partial charge < -0.3 is 25.8 Å². The van der Waals surface area contributed by atoms with Crippen molar-refractivity contribution in [3.05, 3.63) is 81.6 Å². The first-order valence-corrected chi connectivity index (χ1v) is 13.5. The number of nitrogens with zero attached hydrogens (tertiary/aromatic N) is 3. The van der Waals surface area contributed by atoms with Crippen LogP contribution in [0.1, 0.15) is 24.3 Å². The van der Waals surface area contributed by atoms with Crippen LogP contribution in [-0.4, -0.2) is 63.2 Å². The first-order valence-electron chi connectivity index (χ1n) is 13.1. The van der Waals surface area contributed by atoms with E-state index in [4.69, 9.17) is 22.1 Å². The van der Waals surface area contributed by atoms with Crippen LogP contribution in [0.15, 0.2) is 59.7 Å². The number of aromatic nitrogens is 2. The number of hydrogen-bond donors (Lipinski definition) is 3. The number of amides is 1. The molecular weight excluding hydrogens is 563 g/mol. The van der Waals surface area contributed by atoms with Crippen LogP contribution < -0.4 is 21.3 Å². The molecule has 2 aliphatic rings. The van der Waals surface area contributed by atoms with Gasteiger partial charge in [0.15, 0.2) is 5.69 Å². The maximum Gasteiger partial charge on any atom is 0.295 e. The molecule has 0 spiro atoms. The second-order valence-electron chi connectivity index (χ2n) is 10.4. The number of hydrogen-bond acceptors (Lipinski definition) is 7. The molecule has 2 aliphatic heterocycles. The van der Waals surface area contributed by atoms with E-state index in [9.17, 15) is 19.1 Å². The van der Waals surface area contributed by atoms with Crippen LogP contribution in [0.5, 0.6) is 11.6 Å². The molecule has 3 heterocycles. The van der Waals surface area contributed by atoms with Gasteiger partial charge in [0, 0.05) is 37.4 Å². The zero-order valence-electron chi connectivity index (χ0n) is 21.9. The smallest absolute Gasteiger partial charge is 0.295 e. The fourth-order valence-electron chi connectivity index (χ4n) is 5.41. The SMILES string of the molecule is Nc1c(Oc2ccc(Cl)c(F)c2)ncn(C[C@@]2(O)CCN(C(=O)[C@@H]3CCNC[C@H]3c3ccccc3)CC2(F)F)c1=O. The van der Waals surface area contributed by atoms with Gasteiger partial charge in [-0.15, -0.1) is 0 Å². The second kappa shape index (κ2) is 11.3. The normalized spacial score (nSPS) is 24.2. The molecule has 3 atom stereocenters. The highest BCUT2D eigenvalue weighted by atomic mass is 35.5. The summed E-state index contributed by atoms with van der Waals surface area (Å²) in [6.45, 7) is -0.767. The lowest BCUT2D eigenvalue weighted by Crippen LogP contribution is -2.64. The Morgan fingerprint density at radius 3 is 2.71 bits per heavy atom. The number of aliphatic hydroxyl groups is 1. The van der Waals surface area contributed by atoms with E-state index in [1.165, 1.54) is 12.1 Å². The van der Waals surface area contributed by atoms with Crippen LogP contribution >= 0.6 is 11.6 Å². The summed E-state index contributed by atoms with van der Waals surface area (Å²) in [5.74, 6) is -5.92. The van der Waals surface area contributed by atoms with Gasteiger partial charge in [-0.2, -0.15) is 0 Å². The van der Waals surface area contributed by atoms with E-state index in [0.29, 0.717) is 19.5 Å². The van der Waals surface area contributed by atoms with Gasteiger partial charge in [-0.25, -0.2) is 18.2 Å². The molecule has 4 N–H and O–H groups in total. The van der Waals surface area contributed by atoms with E-state index in [0.717, 1.165) is 27.4 Å². The molecule has 3 aromatic rings. The van der Waals surface area contributed by atoms with Crippen molar-refractivity contribution >= 4 is 23.2 Å². The van der Waals surface area contributed by atoms with Gasteiger partial charge in [0.2, 0.25) is 11.8 Å². The van der Waals surface area contributed by atoms with Gasteiger partial charge in [-0.05, 0) is 30.7 Å². The molecule has 218 valence electrons. The van der Waals surface area contributed by atoms with Crippen molar-refractivity contribution in [1.29, 1.82) is 0 Å². The predicted octanol–water partition coefficient (Wildman–Crippen LogP) is 3.40. The number of nitrogens with one attached hydrogen (secondary N) is 1. The molecule has 0 bridgehead atoms. The quantitative estimate of drug-likeness (QED) is 0.402. The molecule has 2 fully saturated rings. The number of nitrogen functional groups attached to an aromatic ring is 1. The van der Waals surface area contributed by atoms with Crippen LogP contribution in [-0.2, 0) is 11.3 Å². The van der Waals surface area contributed by atoms with Crippen molar-refractivity contribution in [1.82, 2.24) is 19.8 Å². The minimum absolute atomic E-state index is 0.0336. The first kappa shape index (κ1) is 28.9. The van der Waals surface area contributed by atoms with Gasteiger partial charge in [0.25, 0.3) is 11.5 Å². The molecular formula is C28H29ClF3N5O4. The van der Waals surface area contributed by atoms with Crippen molar-refractivity contribution in [2.24, 2.45) is 5.92 Å². The van der Waals surface area contributed by atoms with Gasteiger partial charge >= 0.3 is 0 Å². The molecule has 0 aliphatic carbocycles. The van der Waals surface area contributed by atoms with E-state index < -0.39 is 54.0 Å². The highest BCUT2D eigenvalue weighted by Gasteiger charge is 2.57. The molecule has 0 unspecified atom stereocenters. The average Bonchev–Trinajstić information content (AvgIpc) is 2.96. The van der Waals surface area contributed by atoms with Gasteiger partial charge in [0.05, 0.1) is 18.1 Å². The Labute approximate surface area is 238 Å². The highest BCUT2D eigenvalue weighted by Crippen LogP contribution is 2.40. The molecule has 0 saturated carbocycles. The number of rotatable bonds is 6. The topological polar surface area (TPSA) is 123 Å². The average molecular weight is 592 g/mol. The van der Waals surface area contributed by atoms with Crippen molar-refractivity contribution in [2.75, 3.05) is 31.9 Å². The van der Waals surface area contributed by atoms with E-state index in [1.807, 2.05) is 30.3 Å². The number of carbonyl (C=O) groups is 1. The Morgan fingerprint density at radius 2 is 2.00 bits per heavy atom. The summed E-state index contributed by atoms with van der Waals surface area (Å²) in [5, 5.41) is 14.2. The van der Waals surface area contributed by atoms with Crippen molar-refractivity contribution in [3.8, 4) is 11.6 Å². The first-order chi connectivity index (χ1) is 19.5. The Balaban J connectivity index is 1.30. The number of halogens is 4. The number of carbonyl (C=O) groups excluding carboxylic acids is 1. The number of likely N-dealkylation sites (tertiary alicyclic amines) is 1. The number of anilines is 1. The second-order valence-corrected chi connectivity index (χ2v) is 10.8. The molecule has 5 rings (SSSR count). The molecule has 1 amide bonds. The largest absolute Gasteiger partial charge is 0.437 e. The molecule has 9 nitrogen and oxygen atoms in total. The zero-order valence-corrected chi connectivity index (χ0v) is 22.7. The highest BCUT2D eigenvalue weighted by molar-refractivity contribution is 6.30. The summed E-state index contributed by atoms with van der Waals surface area (Å²) in [4.78, 5) is 31.4. The molecule has 2 saturated heterocycles. The third-order valence-corrected chi connectivity index (χ3v) is 8.08. The van der Waals surface area contributed by atoms with Crippen LogP contribution in [0.2, 0.25) is 5.02 Å². The summed E-state index contributed by atoms with van der Waals surface area (Å²) in [6.07, 6.45) is 0.953. The number of nitrogens with two attached hydrogens (primary N) is 1. The molecule has 1 aromatic heterocycles. The number of benzene rings is 2. The van der Waals surface area contributed by atoms with Crippen molar-refractivity contribution < 1.29 is 27.8 Å². The third kappa shape index (κ3) is 5.77. The van der Waals surface area contributed by atoms with Crippen LogP contribution in [0.4, 0.5) is 18.9 Å². The Morgan fingerprint density at radius 1 is 1.24 bits per heavy atom. The Bertz CT molecular complexity index is 1490. The number of ether oxygens (including phenoxy) is 1. The Kier molecular flexibility index (Phi) is 8.00. The number of piperidine rings is 2. The minimum Gasteiger partial charge on any atom is -0.437 e. The maximum atomic E-state index is 15.5. The standard InChI is InChI=1S/C28H29ClF3N5O4/c29-21-7-6-18(12-22(21)30)41-24-23(33)26(39)37(16-35-24)14-27(40)9-11-36(15-28(27,31)32)25(38)19-8-10-34-13-20(19)17-4-2-1-3-5-17/h1-7,12,16,19-20,34,40H,8-11,13-15,33H2/t19-,20+,27+/m1/s1. The van der Waals surface area contributed by atoms with Gasteiger partial charge in [-0.3, -0.25) is 14.2 Å². The van der Waals surface area contributed by atoms with E-state index in [2.05, 4.69) is 10.3 Å². The zero-order chi connectivity index (χ0) is 29.4. The third-order valence-electron chi connectivity index (χ3n) is 7.78. The summed E-state index contributed by atoms with van der Waals surface area (Å²) < 4.78 is 50.9. The fraction of sp³-hybridized carbons (Fsp3) is 0.393. The predicted molar refractivity (Wildman–Crippen MR) is 146 cm³/mol. The Hall–Kier alpha value is -3.61. The molecule has 0 radical (unpaired) electrons. The molecule has 2 aromatic carbocycles. The summed E-state index contributed by atoms with van der Waals surface area (Å²) >= 11 is 5.65. The van der Waals surface area contributed by atoms with Crippen LogP contribution in [0, 0.1) is 11.7 Å². The fourth-order valence-corrected chi connectivity index (χ4v) is 5.53. The van der Waals surface area contributed by atoms with E-state index >= 15 is 8.78 Å². The van der Waals surface area contributed by atoms with Crippen molar-refractivity contribution in [2.45, 2.75) is 36.8 Å².